The molecule has 1 amide bonds. The summed E-state index contributed by atoms with van der Waals surface area (Å²) >= 11 is 0. The molecule has 133 valence electrons. The van der Waals surface area contributed by atoms with Crippen molar-refractivity contribution in [1.29, 1.82) is 0 Å². The molecule has 1 saturated heterocycles. The van der Waals surface area contributed by atoms with Gasteiger partial charge in [0, 0.05) is 31.7 Å². The summed E-state index contributed by atoms with van der Waals surface area (Å²) in [4.78, 5) is 16.8. The van der Waals surface area contributed by atoms with Crippen LogP contribution >= 0.6 is 0 Å². The summed E-state index contributed by atoms with van der Waals surface area (Å²) in [5.41, 5.74) is 2.89. The zero-order valence-electron chi connectivity index (χ0n) is 15.3. The lowest BCUT2D eigenvalue weighted by molar-refractivity contribution is 0.0673. The van der Waals surface area contributed by atoms with Crippen molar-refractivity contribution in [3.8, 4) is 5.75 Å². The Morgan fingerprint density at radius 3 is 2.80 bits per heavy atom. The topological polar surface area (TPSA) is 45.9 Å². The van der Waals surface area contributed by atoms with Crippen molar-refractivity contribution in [3.63, 3.8) is 0 Å². The molecule has 5 nitrogen and oxygen atoms in total. The monoisotopic (exact) mass is 341 g/mol. The molecule has 2 heterocycles. The Morgan fingerprint density at radius 2 is 2.20 bits per heavy atom. The molecule has 1 aromatic carbocycles. The number of furan rings is 1. The van der Waals surface area contributed by atoms with Crippen LogP contribution in [0.3, 0.4) is 0 Å². The number of methoxy groups -OCH3 is 1. The number of hydrogen-bond donors (Lipinski definition) is 0. The van der Waals surface area contributed by atoms with Crippen molar-refractivity contribution in [3.05, 3.63) is 47.9 Å². The van der Waals surface area contributed by atoms with Gasteiger partial charge < -0.3 is 19.0 Å². The Labute approximate surface area is 149 Å². The zero-order valence-corrected chi connectivity index (χ0v) is 15.3. The van der Waals surface area contributed by atoms with E-state index in [-0.39, 0.29) is 11.9 Å². The highest BCUT2D eigenvalue weighted by atomic mass is 16.5. The van der Waals surface area contributed by atoms with E-state index in [4.69, 9.17) is 9.15 Å². The second-order valence-electron chi connectivity index (χ2n) is 6.81. The highest BCUT2D eigenvalue weighted by Gasteiger charge is 2.30. The van der Waals surface area contributed by atoms with Crippen LogP contribution in [0.4, 0.5) is 5.69 Å². The van der Waals surface area contributed by atoms with Gasteiger partial charge in [0.05, 0.1) is 24.6 Å². The molecule has 5 heteroatoms. The highest BCUT2D eigenvalue weighted by molar-refractivity contribution is 5.94. The zero-order chi connectivity index (χ0) is 18.0. The molecule has 0 N–H and O–H groups in total. The van der Waals surface area contributed by atoms with Crippen LogP contribution < -0.4 is 9.64 Å². The van der Waals surface area contributed by atoms with Crippen LogP contribution in [0.5, 0.6) is 5.75 Å². The van der Waals surface area contributed by atoms with Crippen molar-refractivity contribution in [1.82, 2.24) is 4.90 Å². The van der Waals surface area contributed by atoms with Crippen LogP contribution in [-0.2, 0) is 0 Å². The third-order valence-corrected chi connectivity index (χ3v) is 4.77. The number of ether oxygens (including phenoxy) is 1. The van der Waals surface area contributed by atoms with Crippen LogP contribution in [0.2, 0.25) is 0 Å². The molecular formula is C20H25N2O3. The van der Waals surface area contributed by atoms with E-state index in [1.807, 2.05) is 11.0 Å². The minimum atomic E-state index is 0.0235. The van der Waals surface area contributed by atoms with Crippen molar-refractivity contribution in [2.75, 3.05) is 31.6 Å². The molecular weight excluding hydrogens is 316 g/mol. The number of carbonyl (C=O) groups is 1. The number of anilines is 1. The van der Waals surface area contributed by atoms with Crippen LogP contribution in [0, 0.1) is 6.07 Å². The third kappa shape index (κ3) is 3.50. The Hall–Kier alpha value is -2.43. The van der Waals surface area contributed by atoms with Crippen molar-refractivity contribution >= 4 is 11.6 Å². The summed E-state index contributed by atoms with van der Waals surface area (Å²) < 4.78 is 10.6. The molecule has 1 aliphatic rings. The quantitative estimate of drug-likeness (QED) is 0.853. The molecule has 25 heavy (non-hydrogen) atoms. The van der Waals surface area contributed by atoms with Gasteiger partial charge in [0.25, 0.3) is 5.91 Å². The maximum Gasteiger partial charge on any atom is 0.257 e. The Morgan fingerprint density at radius 1 is 1.40 bits per heavy atom. The SMILES string of the molecule is COc1[c]cc(C(C)C)cc1N1CCN(C(=O)c2ccoc2)[C@H](C)C1. The fourth-order valence-electron chi connectivity index (χ4n) is 3.25. The van der Waals surface area contributed by atoms with Crippen molar-refractivity contribution in [2.45, 2.75) is 32.7 Å². The highest BCUT2D eigenvalue weighted by Crippen LogP contribution is 2.33. The van der Waals surface area contributed by atoms with Crippen LogP contribution in [0.1, 0.15) is 42.6 Å². The third-order valence-electron chi connectivity index (χ3n) is 4.77. The van der Waals surface area contributed by atoms with Gasteiger partial charge in [-0.1, -0.05) is 13.8 Å². The minimum Gasteiger partial charge on any atom is -0.494 e. The van der Waals surface area contributed by atoms with E-state index in [0.29, 0.717) is 18.0 Å². The average molecular weight is 341 g/mol. The standard InChI is InChI=1S/C20H25N2O3/c1-14(2)16-5-6-19(24-4)18(11-16)21-8-9-22(15(3)12-21)20(23)17-7-10-25-13-17/h5,7,10-11,13-15H,8-9,12H2,1-4H3/t15-/m1/s1. The first-order chi connectivity index (χ1) is 12.0. The second kappa shape index (κ2) is 7.21. The molecule has 0 bridgehead atoms. The number of piperazine rings is 1. The Balaban J connectivity index is 1.79. The molecule has 0 unspecified atom stereocenters. The fourth-order valence-corrected chi connectivity index (χ4v) is 3.25. The number of rotatable bonds is 4. The fraction of sp³-hybridized carbons (Fsp3) is 0.450. The smallest absolute Gasteiger partial charge is 0.257 e. The van der Waals surface area contributed by atoms with E-state index in [9.17, 15) is 4.79 Å². The molecule has 1 fully saturated rings. The van der Waals surface area contributed by atoms with Gasteiger partial charge in [-0.15, -0.1) is 0 Å². The summed E-state index contributed by atoms with van der Waals surface area (Å²) in [6, 6.07) is 9.24. The summed E-state index contributed by atoms with van der Waals surface area (Å²) in [5, 5.41) is 0. The molecule has 3 rings (SSSR count). The van der Waals surface area contributed by atoms with Crippen LogP contribution in [-0.4, -0.2) is 43.6 Å². The van der Waals surface area contributed by atoms with Gasteiger partial charge in [-0.25, -0.2) is 0 Å². The first kappa shape index (κ1) is 17.4. The van der Waals surface area contributed by atoms with E-state index in [0.717, 1.165) is 24.5 Å². The lowest BCUT2D eigenvalue weighted by Gasteiger charge is -2.41. The van der Waals surface area contributed by atoms with Gasteiger partial charge >= 0.3 is 0 Å². The number of nitrogens with zero attached hydrogens (tertiary/aromatic N) is 2. The molecule has 1 atom stereocenters. The molecule has 0 spiro atoms. The minimum absolute atomic E-state index is 0.0235. The van der Waals surface area contributed by atoms with Gasteiger partial charge in [0.2, 0.25) is 0 Å². The molecule has 1 radical (unpaired) electrons. The van der Waals surface area contributed by atoms with E-state index < -0.39 is 0 Å². The molecule has 1 aliphatic heterocycles. The lowest BCUT2D eigenvalue weighted by atomic mass is 10.0. The number of carbonyl (C=O) groups excluding carboxylic acids is 1. The molecule has 0 aliphatic carbocycles. The van der Waals surface area contributed by atoms with Crippen LogP contribution in [0.25, 0.3) is 0 Å². The second-order valence-corrected chi connectivity index (χ2v) is 6.81. The largest absolute Gasteiger partial charge is 0.494 e. The van der Waals surface area contributed by atoms with Gasteiger partial charge in [-0.05, 0) is 36.6 Å². The van der Waals surface area contributed by atoms with E-state index in [1.165, 1.54) is 18.1 Å². The Bertz CT molecular complexity index is 725. The molecule has 2 aromatic rings. The maximum absolute atomic E-state index is 12.6. The average Bonchev–Trinajstić information content (AvgIpc) is 3.15. The van der Waals surface area contributed by atoms with Gasteiger partial charge in [-0.2, -0.15) is 0 Å². The summed E-state index contributed by atoms with van der Waals surface area (Å²) in [7, 11) is 1.67. The first-order valence-corrected chi connectivity index (χ1v) is 8.69. The Kier molecular flexibility index (Phi) is 5.02. The predicted molar refractivity (Wildman–Crippen MR) is 97.3 cm³/mol. The van der Waals surface area contributed by atoms with Crippen LogP contribution in [0.15, 0.2) is 35.1 Å². The van der Waals surface area contributed by atoms with E-state index in [1.54, 1.807) is 13.2 Å². The van der Waals surface area contributed by atoms with Gasteiger partial charge in [0.1, 0.15) is 12.0 Å². The van der Waals surface area contributed by atoms with Crippen molar-refractivity contribution < 1.29 is 13.9 Å². The van der Waals surface area contributed by atoms with E-state index in [2.05, 4.69) is 37.8 Å². The van der Waals surface area contributed by atoms with Gasteiger partial charge in [-0.3, -0.25) is 4.79 Å². The number of amides is 1. The number of benzene rings is 1. The summed E-state index contributed by atoms with van der Waals surface area (Å²) in [5.74, 6) is 1.21. The normalized spacial score (nSPS) is 17.9. The number of hydrogen-bond acceptors (Lipinski definition) is 4. The summed E-state index contributed by atoms with van der Waals surface area (Å²) in [6.07, 6.45) is 3.04. The first-order valence-electron chi connectivity index (χ1n) is 8.69. The molecule has 0 saturated carbocycles. The van der Waals surface area contributed by atoms with Crippen molar-refractivity contribution in [2.24, 2.45) is 0 Å². The van der Waals surface area contributed by atoms with Gasteiger partial charge in [0.15, 0.2) is 0 Å². The van der Waals surface area contributed by atoms with E-state index >= 15 is 0 Å². The maximum atomic E-state index is 12.6. The predicted octanol–water partition coefficient (Wildman–Crippen LogP) is 3.56. The lowest BCUT2D eigenvalue weighted by Crippen LogP contribution is -2.54. The molecule has 1 aromatic heterocycles. The summed E-state index contributed by atoms with van der Waals surface area (Å²) in [6.45, 7) is 8.61.